The average molecular weight is 320 g/mol. The normalized spacial score (nSPS) is 26.9. The zero-order valence-corrected chi connectivity index (χ0v) is 13.6. The number of hydrogen-bond acceptors (Lipinski definition) is 4. The summed E-state index contributed by atoms with van der Waals surface area (Å²) in [5.74, 6) is 1.50. The zero-order chi connectivity index (χ0) is 15.7. The summed E-state index contributed by atoms with van der Waals surface area (Å²) in [6.45, 7) is 2.52. The van der Waals surface area contributed by atoms with E-state index >= 15 is 0 Å². The quantitative estimate of drug-likeness (QED) is 0.918. The molecule has 1 aromatic rings. The van der Waals surface area contributed by atoms with Crippen LogP contribution in [-0.4, -0.2) is 40.5 Å². The molecule has 2 aliphatic heterocycles. The lowest BCUT2D eigenvalue weighted by molar-refractivity contribution is -0.138. The maximum atomic E-state index is 12.4. The molecule has 5 nitrogen and oxygen atoms in total. The molecule has 1 N–H and O–H groups in total. The Morgan fingerprint density at radius 2 is 2.18 bits per heavy atom. The molecule has 2 amide bonds. The maximum absolute atomic E-state index is 12.4. The van der Waals surface area contributed by atoms with Crippen LogP contribution in [0.25, 0.3) is 0 Å². The number of amides is 2. The van der Waals surface area contributed by atoms with E-state index in [0.717, 1.165) is 17.7 Å². The number of ether oxygens (including phenoxy) is 1. The van der Waals surface area contributed by atoms with Crippen molar-refractivity contribution in [1.29, 1.82) is 0 Å². The van der Waals surface area contributed by atoms with Gasteiger partial charge in [-0.1, -0.05) is 12.1 Å². The number of benzene rings is 1. The largest absolute Gasteiger partial charge is 0.497 e. The topological polar surface area (TPSA) is 58.6 Å². The lowest BCUT2D eigenvalue weighted by Crippen LogP contribution is -2.49. The first-order valence-corrected chi connectivity index (χ1v) is 8.39. The van der Waals surface area contributed by atoms with Crippen LogP contribution >= 0.6 is 11.8 Å². The number of carbonyl (C=O) groups excluding carboxylic acids is 2. The molecule has 2 fully saturated rings. The molecule has 0 bridgehead atoms. The Balaban J connectivity index is 1.61. The van der Waals surface area contributed by atoms with Crippen LogP contribution in [-0.2, 0) is 16.1 Å². The Kier molecular flexibility index (Phi) is 4.04. The summed E-state index contributed by atoms with van der Waals surface area (Å²) >= 11 is 1.71. The summed E-state index contributed by atoms with van der Waals surface area (Å²) in [6, 6.07) is 7.24. The summed E-state index contributed by atoms with van der Waals surface area (Å²) in [7, 11) is 1.62. The lowest BCUT2D eigenvalue weighted by atomic mass is 10.2. The summed E-state index contributed by atoms with van der Waals surface area (Å²) < 4.78 is 5.11. The van der Waals surface area contributed by atoms with Gasteiger partial charge in [0.1, 0.15) is 11.8 Å². The molecule has 0 aliphatic carbocycles. The van der Waals surface area contributed by atoms with Crippen molar-refractivity contribution in [1.82, 2.24) is 10.2 Å². The SMILES string of the molecule is COc1ccc(CNC(=O)[C@H]2CS[C@@]3(C)CCC(=O)N23)cc1. The molecule has 0 saturated carbocycles. The van der Waals surface area contributed by atoms with Crippen molar-refractivity contribution < 1.29 is 14.3 Å². The third-order valence-electron chi connectivity index (χ3n) is 4.37. The van der Waals surface area contributed by atoms with Crippen LogP contribution in [0.15, 0.2) is 24.3 Å². The number of nitrogens with one attached hydrogen (secondary N) is 1. The number of rotatable bonds is 4. The highest BCUT2D eigenvalue weighted by molar-refractivity contribution is 8.01. The monoisotopic (exact) mass is 320 g/mol. The molecule has 1 aromatic carbocycles. The van der Waals surface area contributed by atoms with E-state index in [0.29, 0.717) is 18.7 Å². The number of carbonyl (C=O) groups is 2. The van der Waals surface area contributed by atoms with Gasteiger partial charge in [0, 0.05) is 18.7 Å². The van der Waals surface area contributed by atoms with Crippen LogP contribution < -0.4 is 10.1 Å². The fourth-order valence-electron chi connectivity index (χ4n) is 3.07. The molecule has 0 unspecified atom stereocenters. The van der Waals surface area contributed by atoms with E-state index in [1.54, 1.807) is 23.8 Å². The highest BCUT2D eigenvalue weighted by Gasteiger charge is 2.52. The second kappa shape index (κ2) is 5.83. The van der Waals surface area contributed by atoms with Crippen LogP contribution in [0.5, 0.6) is 5.75 Å². The van der Waals surface area contributed by atoms with Crippen molar-refractivity contribution in [3.63, 3.8) is 0 Å². The Hall–Kier alpha value is -1.69. The molecule has 22 heavy (non-hydrogen) atoms. The summed E-state index contributed by atoms with van der Waals surface area (Å²) in [5.41, 5.74) is 1.01. The van der Waals surface area contributed by atoms with E-state index in [9.17, 15) is 9.59 Å². The van der Waals surface area contributed by atoms with Crippen LogP contribution in [0.4, 0.5) is 0 Å². The number of fused-ring (bicyclic) bond motifs is 1. The number of nitrogens with zero attached hydrogens (tertiary/aromatic N) is 1. The molecule has 3 rings (SSSR count). The van der Waals surface area contributed by atoms with E-state index in [2.05, 4.69) is 12.2 Å². The van der Waals surface area contributed by atoms with Crippen molar-refractivity contribution in [3.05, 3.63) is 29.8 Å². The van der Waals surface area contributed by atoms with Gasteiger partial charge >= 0.3 is 0 Å². The predicted octanol–water partition coefficient (Wildman–Crippen LogP) is 1.77. The van der Waals surface area contributed by atoms with Gasteiger partial charge in [-0.15, -0.1) is 11.8 Å². The second-order valence-corrected chi connectivity index (χ2v) is 7.33. The first kappa shape index (κ1) is 15.2. The lowest BCUT2D eigenvalue weighted by Gasteiger charge is -2.29. The van der Waals surface area contributed by atoms with Crippen LogP contribution in [0.1, 0.15) is 25.3 Å². The average Bonchev–Trinajstić information content (AvgIpc) is 3.02. The van der Waals surface area contributed by atoms with Crippen molar-refractivity contribution in [3.8, 4) is 5.75 Å². The van der Waals surface area contributed by atoms with Gasteiger partial charge in [0.25, 0.3) is 0 Å². The molecule has 2 aliphatic rings. The van der Waals surface area contributed by atoms with E-state index in [-0.39, 0.29) is 22.7 Å². The van der Waals surface area contributed by atoms with Gasteiger partial charge in [-0.3, -0.25) is 9.59 Å². The van der Waals surface area contributed by atoms with Crippen LogP contribution in [0.3, 0.4) is 0 Å². The Morgan fingerprint density at radius 3 is 2.86 bits per heavy atom. The first-order chi connectivity index (χ1) is 10.5. The summed E-state index contributed by atoms with van der Waals surface area (Å²) in [5, 5.41) is 2.94. The molecule has 2 atom stereocenters. The highest BCUT2D eigenvalue weighted by Crippen LogP contribution is 2.47. The number of thioether (sulfide) groups is 1. The molecule has 6 heteroatoms. The smallest absolute Gasteiger partial charge is 0.243 e. The fraction of sp³-hybridized carbons (Fsp3) is 0.500. The van der Waals surface area contributed by atoms with Crippen molar-refractivity contribution in [2.45, 2.75) is 37.2 Å². The first-order valence-electron chi connectivity index (χ1n) is 7.40. The zero-order valence-electron chi connectivity index (χ0n) is 12.8. The van der Waals surface area contributed by atoms with Gasteiger partial charge in [0.15, 0.2) is 0 Å². The molecule has 0 aromatic heterocycles. The van der Waals surface area contributed by atoms with Crippen LogP contribution in [0, 0.1) is 0 Å². The Bertz CT molecular complexity index is 590. The van der Waals surface area contributed by atoms with E-state index in [1.807, 2.05) is 24.3 Å². The molecule has 0 radical (unpaired) electrons. The summed E-state index contributed by atoms with van der Waals surface area (Å²) in [4.78, 5) is 26.1. The minimum Gasteiger partial charge on any atom is -0.497 e. The highest BCUT2D eigenvalue weighted by atomic mass is 32.2. The van der Waals surface area contributed by atoms with Gasteiger partial charge < -0.3 is 15.0 Å². The maximum Gasteiger partial charge on any atom is 0.243 e. The van der Waals surface area contributed by atoms with E-state index < -0.39 is 0 Å². The molecular weight excluding hydrogens is 300 g/mol. The van der Waals surface area contributed by atoms with Crippen molar-refractivity contribution >= 4 is 23.6 Å². The molecule has 118 valence electrons. The molecule has 0 spiro atoms. The molecule has 2 heterocycles. The van der Waals surface area contributed by atoms with E-state index in [1.165, 1.54) is 0 Å². The van der Waals surface area contributed by atoms with Crippen LogP contribution in [0.2, 0.25) is 0 Å². The molecular formula is C16H20N2O3S. The summed E-state index contributed by atoms with van der Waals surface area (Å²) in [6.07, 6.45) is 1.38. The van der Waals surface area contributed by atoms with Crippen molar-refractivity contribution in [2.75, 3.05) is 12.9 Å². The number of methoxy groups -OCH3 is 1. The third-order valence-corrected chi connectivity index (χ3v) is 5.88. The van der Waals surface area contributed by atoms with Gasteiger partial charge in [0.05, 0.1) is 12.0 Å². The van der Waals surface area contributed by atoms with Gasteiger partial charge in [0.2, 0.25) is 11.8 Å². The van der Waals surface area contributed by atoms with Gasteiger partial charge in [-0.2, -0.15) is 0 Å². The van der Waals surface area contributed by atoms with Crippen molar-refractivity contribution in [2.24, 2.45) is 0 Å². The Labute approximate surface area is 134 Å². The van der Waals surface area contributed by atoms with Gasteiger partial charge in [-0.25, -0.2) is 0 Å². The minimum atomic E-state index is -0.344. The predicted molar refractivity (Wildman–Crippen MR) is 85.6 cm³/mol. The third kappa shape index (κ3) is 2.67. The number of hydrogen-bond donors (Lipinski definition) is 1. The Morgan fingerprint density at radius 1 is 1.45 bits per heavy atom. The second-order valence-electron chi connectivity index (χ2n) is 5.83. The fourth-order valence-corrected chi connectivity index (χ4v) is 4.50. The minimum absolute atomic E-state index is 0.0673. The molecule has 2 saturated heterocycles. The standard InChI is InChI=1S/C16H20N2O3S/c1-16-8-7-14(19)18(16)13(10-22-16)15(20)17-9-11-3-5-12(21-2)6-4-11/h3-6,13H,7-10H2,1-2H3,(H,17,20)/t13-,16+/m1/s1. The van der Waals surface area contributed by atoms with Gasteiger partial charge in [-0.05, 0) is 31.0 Å². The van der Waals surface area contributed by atoms with E-state index in [4.69, 9.17) is 4.74 Å².